The third-order valence-electron chi connectivity index (χ3n) is 5.27. The predicted molar refractivity (Wildman–Crippen MR) is 104 cm³/mol. The van der Waals surface area contributed by atoms with E-state index in [1.165, 1.54) is 51.4 Å². The normalized spacial score (nSPS) is 20.9. The van der Waals surface area contributed by atoms with Gasteiger partial charge in [0.25, 0.3) is 0 Å². The van der Waals surface area contributed by atoms with Gasteiger partial charge in [-0.3, -0.25) is 9.69 Å². The van der Waals surface area contributed by atoms with Crippen molar-refractivity contribution in [2.45, 2.75) is 109 Å². The molecule has 2 unspecified atom stereocenters. The molecule has 25 heavy (non-hydrogen) atoms. The lowest BCUT2D eigenvalue weighted by Gasteiger charge is -2.20. The van der Waals surface area contributed by atoms with Crippen LogP contribution >= 0.6 is 0 Å². The van der Waals surface area contributed by atoms with Crippen molar-refractivity contribution < 1.29 is 14.6 Å². The molecule has 1 fully saturated rings. The highest BCUT2D eigenvalue weighted by molar-refractivity contribution is 5.69. The standard InChI is InChI=1S/C21H41NO3/c1-3-4-5-6-7-8-9-10-13-16-25-21(24)14-11-12-15-22-18-20(23)17-19(22)2/h19-20,23H,3-18H2,1-2H3. The maximum absolute atomic E-state index is 11.7. The molecular weight excluding hydrogens is 314 g/mol. The van der Waals surface area contributed by atoms with Crippen molar-refractivity contribution in [2.24, 2.45) is 0 Å². The minimum atomic E-state index is -0.170. The molecule has 0 aliphatic carbocycles. The molecule has 2 atom stereocenters. The molecule has 1 rings (SSSR count). The maximum Gasteiger partial charge on any atom is 0.305 e. The van der Waals surface area contributed by atoms with Gasteiger partial charge in [0.2, 0.25) is 0 Å². The minimum Gasteiger partial charge on any atom is -0.466 e. The lowest BCUT2D eigenvalue weighted by Crippen LogP contribution is -2.28. The highest BCUT2D eigenvalue weighted by atomic mass is 16.5. The molecule has 4 nitrogen and oxygen atoms in total. The van der Waals surface area contributed by atoms with Gasteiger partial charge in [0.15, 0.2) is 0 Å². The van der Waals surface area contributed by atoms with Crippen molar-refractivity contribution in [2.75, 3.05) is 19.7 Å². The second-order valence-corrected chi connectivity index (χ2v) is 7.74. The van der Waals surface area contributed by atoms with Gasteiger partial charge >= 0.3 is 5.97 Å². The van der Waals surface area contributed by atoms with Gasteiger partial charge in [-0.05, 0) is 39.2 Å². The van der Waals surface area contributed by atoms with E-state index in [1.807, 2.05) is 0 Å². The summed E-state index contributed by atoms with van der Waals surface area (Å²) in [4.78, 5) is 14.0. The summed E-state index contributed by atoms with van der Waals surface area (Å²) in [6.07, 6.45) is 14.7. The molecule has 0 bridgehead atoms. The third-order valence-corrected chi connectivity index (χ3v) is 5.27. The molecule has 0 aromatic carbocycles. The Morgan fingerprint density at radius 2 is 1.64 bits per heavy atom. The number of unbranched alkanes of at least 4 members (excludes halogenated alkanes) is 9. The van der Waals surface area contributed by atoms with Gasteiger partial charge in [0, 0.05) is 19.0 Å². The fourth-order valence-corrected chi connectivity index (χ4v) is 3.63. The quantitative estimate of drug-likeness (QED) is 0.342. The average Bonchev–Trinajstić information content (AvgIpc) is 2.91. The smallest absolute Gasteiger partial charge is 0.305 e. The van der Waals surface area contributed by atoms with Crippen LogP contribution in [-0.4, -0.2) is 47.8 Å². The van der Waals surface area contributed by atoms with Crippen LogP contribution in [0.5, 0.6) is 0 Å². The van der Waals surface area contributed by atoms with E-state index >= 15 is 0 Å². The van der Waals surface area contributed by atoms with Crippen LogP contribution in [0.25, 0.3) is 0 Å². The highest BCUT2D eigenvalue weighted by Crippen LogP contribution is 2.17. The summed E-state index contributed by atoms with van der Waals surface area (Å²) in [5.74, 6) is -0.0472. The van der Waals surface area contributed by atoms with Crippen LogP contribution in [0.2, 0.25) is 0 Å². The summed E-state index contributed by atoms with van der Waals surface area (Å²) in [6, 6.07) is 0.466. The molecule has 0 aromatic heterocycles. The van der Waals surface area contributed by atoms with Crippen LogP contribution in [0.1, 0.15) is 97.3 Å². The van der Waals surface area contributed by atoms with Crippen molar-refractivity contribution in [1.82, 2.24) is 4.90 Å². The number of nitrogens with zero attached hydrogens (tertiary/aromatic N) is 1. The van der Waals surface area contributed by atoms with E-state index in [4.69, 9.17) is 4.74 Å². The van der Waals surface area contributed by atoms with Crippen molar-refractivity contribution >= 4 is 5.97 Å². The number of hydrogen-bond acceptors (Lipinski definition) is 4. The first-order chi connectivity index (χ1) is 12.1. The molecular formula is C21H41NO3. The number of aliphatic hydroxyl groups excluding tert-OH is 1. The van der Waals surface area contributed by atoms with Gasteiger partial charge in [-0.25, -0.2) is 0 Å². The Hall–Kier alpha value is -0.610. The molecule has 0 radical (unpaired) electrons. The van der Waals surface area contributed by atoms with E-state index < -0.39 is 0 Å². The van der Waals surface area contributed by atoms with Gasteiger partial charge in [-0.15, -0.1) is 0 Å². The van der Waals surface area contributed by atoms with Crippen LogP contribution in [0, 0.1) is 0 Å². The molecule has 1 aliphatic heterocycles. The minimum absolute atomic E-state index is 0.0472. The fraction of sp³-hybridized carbons (Fsp3) is 0.952. The van der Waals surface area contributed by atoms with E-state index in [-0.39, 0.29) is 12.1 Å². The summed E-state index contributed by atoms with van der Waals surface area (Å²) in [5.41, 5.74) is 0. The molecule has 1 aliphatic rings. The van der Waals surface area contributed by atoms with Crippen LogP contribution in [-0.2, 0) is 9.53 Å². The van der Waals surface area contributed by atoms with Gasteiger partial charge in [-0.2, -0.15) is 0 Å². The summed E-state index contributed by atoms with van der Waals surface area (Å²) in [7, 11) is 0. The predicted octanol–water partition coefficient (Wildman–Crippen LogP) is 4.69. The lowest BCUT2D eigenvalue weighted by molar-refractivity contribution is -0.143. The molecule has 0 amide bonds. The van der Waals surface area contributed by atoms with E-state index in [1.54, 1.807) is 0 Å². The number of esters is 1. The van der Waals surface area contributed by atoms with Gasteiger partial charge < -0.3 is 9.84 Å². The molecule has 0 aromatic rings. The molecule has 148 valence electrons. The number of aliphatic hydroxyl groups is 1. The third kappa shape index (κ3) is 11.6. The van der Waals surface area contributed by atoms with Crippen LogP contribution in [0.15, 0.2) is 0 Å². The molecule has 1 N–H and O–H groups in total. The average molecular weight is 356 g/mol. The van der Waals surface area contributed by atoms with Crippen molar-refractivity contribution in [1.29, 1.82) is 0 Å². The van der Waals surface area contributed by atoms with Gasteiger partial charge in [0.05, 0.1) is 12.7 Å². The highest BCUT2D eigenvalue weighted by Gasteiger charge is 2.26. The zero-order valence-electron chi connectivity index (χ0n) is 16.7. The maximum atomic E-state index is 11.7. The number of hydrogen-bond donors (Lipinski definition) is 1. The first kappa shape index (κ1) is 22.4. The van der Waals surface area contributed by atoms with Gasteiger partial charge in [0.1, 0.15) is 0 Å². The topological polar surface area (TPSA) is 49.8 Å². The lowest BCUT2D eigenvalue weighted by atomic mass is 10.1. The Balaban J connectivity index is 1.83. The van der Waals surface area contributed by atoms with E-state index in [2.05, 4.69) is 18.7 Å². The largest absolute Gasteiger partial charge is 0.466 e. The zero-order chi connectivity index (χ0) is 18.3. The monoisotopic (exact) mass is 355 g/mol. The number of carbonyl (C=O) groups excluding carboxylic acids is 1. The van der Waals surface area contributed by atoms with Crippen LogP contribution in [0.4, 0.5) is 0 Å². The zero-order valence-corrected chi connectivity index (χ0v) is 16.7. The summed E-state index contributed by atoms with van der Waals surface area (Å²) in [6.45, 7) is 6.76. The van der Waals surface area contributed by atoms with Crippen molar-refractivity contribution in [3.8, 4) is 0 Å². The Morgan fingerprint density at radius 1 is 1.00 bits per heavy atom. The molecule has 1 saturated heterocycles. The molecule has 0 spiro atoms. The van der Waals surface area contributed by atoms with E-state index in [9.17, 15) is 9.90 Å². The van der Waals surface area contributed by atoms with Crippen molar-refractivity contribution in [3.63, 3.8) is 0 Å². The Morgan fingerprint density at radius 3 is 2.24 bits per heavy atom. The second kappa shape index (κ2) is 14.5. The summed E-state index contributed by atoms with van der Waals surface area (Å²) in [5, 5.41) is 9.62. The molecule has 1 heterocycles. The molecule has 4 heteroatoms. The van der Waals surface area contributed by atoms with Gasteiger partial charge in [-0.1, -0.05) is 58.3 Å². The number of likely N-dealkylation sites (tertiary alicyclic amines) is 1. The Labute approximate surface area is 155 Å². The number of β-amino-alcohol motifs (C(OH)–C–C–N with tert-alkyl or cyclic N) is 1. The van der Waals surface area contributed by atoms with Crippen molar-refractivity contribution in [3.05, 3.63) is 0 Å². The SMILES string of the molecule is CCCCCCCCCCCOC(=O)CCCCN1CC(O)CC1C. The number of rotatable bonds is 15. The first-order valence-electron chi connectivity index (χ1n) is 10.7. The number of carbonyl (C=O) groups is 1. The van der Waals surface area contributed by atoms with Crippen LogP contribution in [0.3, 0.4) is 0 Å². The van der Waals surface area contributed by atoms with E-state index in [0.29, 0.717) is 19.1 Å². The Kier molecular flexibility index (Phi) is 13.1. The van der Waals surface area contributed by atoms with E-state index in [0.717, 1.165) is 38.8 Å². The second-order valence-electron chi connectivity index (χ2n) is 7.74. The fourth-order valence-electron chi connectivity index (χ4n) is 3.63. The summed E-state index contributed by atoms with van der Waals surface area (Å²) >= 11 is 0. The number of ether oxygens (including phenoxy) is 1. The van der Waals surface area contributed by atoms with Crippen LogP contribution < -0.4 is 0 Å². The summed E-state index contributed by atoms with van der Waals surface area (Å²) < 4.78 is 5.32. The first-order valence-corrected chi connectivity index (χ1v) is 10.7. The Bertz CT molecular complexity index is 335. The molecule has 0 saturated carbocycles.